The summed E-state index contributed by atoms with van der Waals surface area (Å²) in [5, 5.41) is 8.58. The minimum Gasteiger partial charge on any atom is -0.477 e. The van der Waals surface area contributed by atoms with E-state index in [2.05, 4.69) is 0 Å². The van der Waals surface area contributed by atoms with Gasteiger partial charge in [-0.15, -0.1) is 0 Å². The van der Waals surface area contributed by atoms with Gasteiger partial charge in [0.05, 0.1) is 0 Å². The standard InChI is InChI=1S/C10H9ClF2O2/c1-2-6-7(4-3-5-8(6)11)10(12,13)9(14)15/h3-5H,2H2,1H3,(H,14,15). The smallest absolute Gasteiger partial charge is 0.379 e. The summed E-state index contributed by atoms with van der Waals surface area (Å²) in [6.07, 6.45) is 0.262. The predicted molar refractivity (Wildman–Crippen MR) is 52.4 cm³/mol. The number of aliphatic carboxylic acids is 1. The highest BCUT2D eigenvalue weighted by molar-refractivity contribution is 6.31. The molecule has 0 atom stereocenters. The molecule has 0 unspecified atom stereocenters. The van der Waals surface area contributed by atoms with Crippen molar-refractivity contribution in [1.29, 1.82) is 0 Å². The molecule has 1 aromatic carbocycles. The van der Waals surface area contributed by atoms with Crippen molar-refractivity contribution in [3.63, 3.8) is 0 Å². The number of hydrogen-bond acceptors (Lipinski definition) is 1. The highest BCUT2D eigenvalue weighted by Crippen LogP contribution is 2.34. The van der Waals surface area contributed by atoms with E-state index >= 15 is 0 Å². The van der Waals surface area contributed by atoms with Crippen LogP contribution in [0.2, 0.25) is 5.02 Å². The van der Waals surface area contributed by atoms with E-state index < -0.39 is 17.5 Å². The van der Waals surface area contributed by atoms with Crippen LogP contribution in [-0.4, -0.2) is 11.1 Å². The Bertz CT molecular complexity index is 391. The first-order valence-corrected chi connectivity index (χ1v) is 4.68. The van der Waals surface area contributed by atoms with Gasteiger partial charge in [-0.25, -0.2) is 4.79 Å². The molecule has 0 aromatic heterocycles. The second-order valence-electron chi connectivity index (χ2n) is 3.00. The van der Waals surface area contributed by atoms with E-state index in [9.17, 15) is 13.6 Å². The Morgan fingerprint density at radius 1 is 1.53 bits per heavy atom. The molecule has 0 aliphatic carbocycles. The molecule has 1 rings (SSSR count). The van der Waals surface area contributed by atoms with Crippen LogP contribution < -0.4 is 0 Å². The fraction of sp³-hybridized carbons (Fsp3) is 0.300. The van der Waals surface area contributed by atoms with Crippen molar-refractivity contribution >= 4 is 17.6 Å². The van der Waals surface area contributed by atoms with E-state index in [-0.39, 0.29) is 17.0 Å². The molecular formula is C10H9ClF2O2. The molecule has 0 bridgehead atoms. The lowest BCUT2D eigenvalue weighted by molar-refractivity contribution is -0.166. The number of carboxylic acid groups (broad SMARTS) is 1. The van der Waals surface area contributed by atoms with Gasteiger partial charge in [0.1, 0.15) is 0 Å². The van der Waals surface area contributed by atoms with Crippen molar-refractivity contribution in [2.24, 2.45) is 0 Å². The van der Waals surface area contributed by atoms with Crippen molar-refractivity contribution in [3.8, 4) is 0 Å². The van der Waals surface area contributed by atoms with Gasteiger partial charge in [0, 0.05) is 10.6 Å². The lowest BCUT2D eigenvalue weighted by Gasteiger charge is -2.16. The quantitative estimate of drug-likeness (QED) is 0.873. The highest BCUT2D eigenvalue weighted by atomic mass is 35.5. The van der Waals surface area contributed by atoms with Gasteiger partial charge in [-0.1, -0.05) is 30.7 Å². The van der Waals surface area contributed by atoms with Gasteiger partial charge < -0.3 is 5.11 Å². The van der Waals surface area contributed by atoms with E-state index in [0.29, 0.717) is 0 Å². The Kier molecular flexibility index (Phi) is 3.29. The first kappa shape index (κ1) is 11.9. The van der Waals surface area contributed by atoms with E-state index in [0.717, 1.165) is 6.07 Å². The lowest BCUT2D eigenvalue weighted by Crippen LogP contribution is -2.26. The maximum Gasteiger partial charge on any atom is 0.379 e. The summed E-state index contributed by atoms with van der Waals surface area (Å²) in [5.41, 5.74) is -0.364. The summed E-state index contributed by atoms with van der Waals surface area (Å²) in [4.78, 5) is 10.4. The number of rotatable bonds is 3. The van der Waals surface area contributed by atoms with Crippen molar-refractivity contribution in [2.45, 2.75) is 19.3 Å². The molecule has 0 heterocycles. The molecule has 0 amide bonds. The Hall–Kier alpha value is -1.16. The van der Waals surface area contributed by atoms with Crippen LogP contribution in [0.15, 0.2) is 18.2 Å². The molecule has 0 radical (unpaired) electrons. The average Bonchev–Trinajstić information content (AvgIpc) is 2.17. The molecule has 0 fully saturated rings. The maximum absolute atomic E-state index is 13.2. The van der Waals surface area contributed by atoms with Crippen molar-refractivity contribution in [1.82, 2.24) is 0 Å². The number of carbonyl (C=O) groups is 1. The lowest BCUT2D eigenvalue weighted by atomic mass is 10.00. The zero-order valence-corrected chi connectivity index (χ0v) is 8.68. The van der Waals surface area contributed by atoms with Crippen LogP contribution in [0, 0.1) is 0 Å². The monoisotopic (exact) mass is 234 g/mol. The third kappa shape index (κ3) is 2.09. The van der Waals surface area contributed by atoms with Crippen LogP contribution in [0.3, 0.4) is 0 Å². The second-order valence-corrected chi connectivity index (χ2v) is 3.41. The summed E-state index contributed by atoms with van der Waals surface area (Å²) < 4.78 is 26.5. The third-order valence-electron chi connectivity index (χ3n) is 2.08. The average molecular weight is 235 g/mol. The summed E-state index contributed by atoms with van der Waals surface area (Å²) in [5.74, 6) is -6.06. The number of benzene rings is 1. The molecule has 0 saturated heterocycles. The molecule has 0 saturated carbocycles. The van der Waals surface area contributed by atoms with E-state index in [1.807, 2.05) is 0 Å². The number of halogens is 3. The van der Waals surface area contributed by atoms with Crippen LogP contribution >= 0.6 is 11.6 Å². The molecule has 0 aliphatic heterocycles. The number of hydrogen-bond donors (Lipinski definition) is 1. The highest BCUT2D eigenvalue weighted by Gasteiger charge is 2.42. The Labute approximate surface area is 90.5 Å². The number of carboxylic acids is 1. The normalized spacial score (nSPS) is 11.5. The van der Waals surface area contributed by atoms with E-state index in [1.54, 1.807) is 6.92 Å². The molecule has 15 heavy (non-hydrogen) atoms. The summed E-state index contributed by atoms with van der Waals surface area (Å²) >= 11 is 5.71. The summed E-state index contributed by atoms with van der Waals surface area (Å²) in [7, 11) is 0. The Balaban J connectivity index is 3.37. The van der Waals surface area contributed by atoms with Crippen molar-refractivity contribution in [2.75, 3.05) is 0 Å². The molecule has 1 N–H and O–H groups in total. The van der Waals surface area contributed by atoms with Crippen LogP contribution in [0.25, 0.3) is 0 Å². The van der Waals surface area contributed by atoms with Crippen molar-refractivity contribution < 1.29 is 18.7 Å². The first-order chi connectivity index (χ1) is 6.91. The molecule has 1 aromatic rings. The summed E-state index contributed by atoms with van der Waals surface area (Å²) in [6, 6.07) is 3.86. The Morgan fingerprint density at radius 2 is 2.13 bits per heavy atom. The fourth-order valence-corrected chi connectivity index (χ4v) is 1.64. The fourth-order valence-electron chi connectivity index (χ4n) is 1.33. The van der Waals surface area contributed by atoms with Crippen molar-refractivity contribution in [3.05, 3.63) is 34.3 Å². The van der Waals surface area contributed by atoms with E-state index in [1.165, 1.54) is 12.1 Å². The van der Waals surface area contributed by atoms with Crippen LogP contribution in [0.1, 0.15) is 18.1 Å². The summed E-state index contributed by atoms with van der Waals surface area (Å²) in [6.45, 7) is 1.64. The minimum absolute atomic E-state index is 0.163. The molecule has 5 heteroatoms. The van der Waals surface area contributed by atoms with Gasteiger partial charge in [-0.05, 0) is 18.1 Å². The SMILES string of the molecule is CCc1c(Cl)cccc1C(F)(F)C(=O)O. The van der Waals surface area contributed by atoms with Crippen LogP contribution in [-0.2, 0) is 17.1 Å². The largest absolute Gasteiger partial charge is 0.477 e. The maximum atomic E-state index is 13.2. The van der Waals surface area contributed by atoms with E-state index in [4.69, 9.17) is 16.7 Å². The molecule has 82 valence electrons. The number of alkyl halides is 2. The minimum atomic E-state index is -3.89. The van der Waals surface area contributed by atoms with Crippen LogP contribution in [0.4, 0.5) is 8.78 Å². The Morgan fingerprint density at radius 3 is 2.60 bits per heavy atom. The zero-order valence-electron chi connectivity index (χ0n) is 7.93. The van der Waals surface area contributed by atoms with Gasteiger partial charge >= 0.3 is 11.9 Å². The van der Waals surface area contributed by atoms with Gasteiger partial charge in [-0.3, -0.25) is 0 Å². The van der Waals surface area contributed by atoms with Gasteiger partial charge in [0.25, 0.3) is 0 Å². The van der Waals surface area contributed by atoms with Gasteiger partial charge in [0.15, 0.2) is 0 Å². The molecule has 0 aliphatic rings. The molecular weight excluding hydrogens is 226 g/mol. The molecule has 2 nitrogen and oxygen atoms in total. The van der Waals surface area contributed by atoms with Gasteiger partial charge in [0.2, 0.25) is 0 Å². The second kappa shape index (κ2) is 4.14. The topological polar surface area (TPSA) is 37.3 Å². The molecule has 0 spiro atoms. The third-order valence-corrected chi connectivity index (χ3v) is 2.43. The van der Waals surface area contributed by atoms with Gasteiger partial charge in [-0.2, -0.15) is 8.78 Å². The zero-order chi connectivity index (χ0) is 11.6. The predicted octanol–water partition coefficient (Wildman–Crippen LogP) is 3.08. The van der Waals surface area contributed by atoms with Crippen LogP contribution in [0.5, 0.6) is 0 Å². The first-order valence-electron chi connectivity index (χ1n) is 4.30.